The zero-order chi connectivity index (χ0) is 14.5. The topological polar surface area (TPSA) is 42.7 Å². The average Bonchev–Trinajstić information content (AvgIpc) is 2.75. The number of nitrogens with one attached hydrogen (secondary N) is 1. The third kappa shape index (κ3) is 3.38. The van der Waals surface area contributed by atoms with Crippen LogP contribution < -0.4 is 5.32 Å². The largest absolute Gasteiger partial charge is 0.316 e. The van der Waals surface area contributed by atoms with Crippen molar-refractivity contribution in [3.63, 3.8) is 0 Å². The van der Waals surface area contributed by atoms with Crippen molar-refractivity contribution in [2.75, 3.05) is 7.05 Å². The number of aryl methyl sites for hydroxylation is 2. The lowest BCUT2D eigenvalue weighted by Crippen LogP contribution is -2.31. The standard InChI is InChI=1S/C15H21ClN4/c1-4-20-14(15(16)11(2)19-20)10-13(17-3)9-12-7-5-6-8-18-12/h5-8,13,17H,4,9-10H2,1-3H3. The number of hydrogen-bond donors (Lipinski definition) is 1. The molecule has 2 aromatic rings. The highest BCUT2D eigenvalue weighted by atomic mass is 35.5. The lowest BCUT2D eigenvalue weighted by atomic mass is 10.1. The van der Waals surface area contributed by atoms with Crippen molar-refractivity contribution in [3.8, 4) is 0 Å². The smallest absolute Gasteiger partial charge is 0.0847 e. The predicted molar refractivity (Wildman–Crippen MR) is 82.1 cm³/mol. The molecule has 0 fully saturated rings. The summed E-state index contributed by atoms with van der Waals surface area (Å²) >= 11 is 6.37. The van der Waals surface area contributed by atoms with Gasteiger partial charge in [-0.3, -0.25) is 9.67 Å². The molecule has 0 aromatic carbocycles. The lowest BCUT2D eigenvalue weighted by Gasteiger charge is -2.16. The summed E-state index contributed by atoms with van der Waals surface area (Å²) in [5.74, 6) is 0. The van der Waals surface area contributed by atoms with E-state index >= 15 is 0 Å². The minimum Gasteiger partial charge on any atom is -0.316 e. The molecular weight excluding hydrogens is 272 g/mol. The third-order valence-corrected chi connectivity index (χ3v) is 3.97. The van der Waals surface area contributed by atoms with Crippen LogP contribution in [0.3, 0.4) is 0 Å². The number of rotatable bonds is 6. The van der Waals surface area contributed by atoms with Crippen LogP contribution in [0, 0.1) is 6.92 Å². The van der Waals surface area contributed by atoms with E-state index in [2.05, 4.69) is 22.3 Å². The molecule has 5 heteroatoms. The molecule has 0 aliphatic heterocycles. The van der Waals surface area contributed by atoms with Gasteiger partial charge in [0.05, 0.1) is 16.4 Å². The molecule has 108 valence electrons. The first-order valence-electron chi connectivity index (χ1n) is 6.94. The van der Waals surface area contributed by atoms with Gasteiger partial charge in [-0.2, -0.15) is 5.10 Å². The maximum Gasteiger partial charge on any atom is 0.0847 e. The van der Waals surface area contributed by atoms with E-state index in [0.29, 0.717) is 6.04 Å². The molecule has 2 rings (SSSR count). The Morgan fingerprint density at radius 2 is 2.15 bits per heavy atom. The van der Waals surface area contributed by atoms with Crippen molar-refractivity contribution < 1.29 is 0 Å². The molecule has 2 heterocycles. The Morgan fingerprint density at radius 3 is 2.75 bits per heavy atom. The number of hydrogen-bond acceptors (Lipinski definition) is 3. The molecular formula is C15H21ClN4. The van der Waals surface area contributed by atoms with E-state index in [4.69, 9.17) is 11.6 Å². The summed E-state index contributed by atoms with van der Waals surface area (Å²) in [5, 5.41) is 8.60. The molecule has 0 aliphatic rings. The van der Waals surface area contributed by atoms with E-state index in [0.717, 1.165) is 41.5 Å². The first-order valence-corrected chi connectivity index (χ1v) is 7.32. The van der Waals surface area contributed by atoms with Gasteiger partial charge in [-0.05, 0) is 33.0 Å². The van der Waals surface area contributed by atoms with Crippen molar-refractivity contribution in [2.24, 2.45) is 0 Å². The summed E-state index contributed by atoms with van der Waals surface area (Å²) in [6.45, 7) is 4.87. The zero-order valence-electron chi connectivity index (χ0n) is 12.2. The van der Waals surface area contributed by atoms with Gasteiger partial charge in [-0.25, -0.2) is 0 Å². The molecule has 2 aromatic heterocycles. The van der Waals surface area contributed by atoms with E-state index in [-0.39, 0.29) is 0 Å². The second kappa shape index (κ2) is 6.86. The lowest BCUT2D eigenvalue weighted by molar-refractivity contribution is 0.516. The van der Waals surface area contributed by atoms with Gasteiger partial charge in [0.25, 0.3) is 0 Å². The molecule has 0 spiro atoms. The fourth-order valence-electron chi connectivity index (χ4n) is 2.35. The molecule has 0 bridgehead atoms. The Balaban J connectivity index is 2.14. The van der Waals surface area contributed by atoms with Crippen LogP contribution in [0.25, 0.3) is 0 Å². The van der Waals surface area contributed by atoms with Crippen LogP contribution in [0.15, 0.2) is 24.4 Å². The molecule has 4 nitrogen and oxygen atoms in total. The summed E-state index contributed by atoms with van der Waals surface area (Å²) in [6.07, 6.45) is 3.55. The SMILES string of the molecule is CCn1nc(C)c(Cl)c1CC(Cc1ccccn1)NC. The summed E-state index contributed by atoms with van der Waals surface area (Å²) in [6, 6.07) is 6.30. The first-order chi connectivity index (χ1) is 9.65. The highest BCUT2D eigenvalue weighted by Crippen LogP contribution is 2.22. The van der Waals surface area contributed by atoms with Crippen LogP contribution in [0.5, 0.6) is 0 Å². The average molecular weight is 293 g/mol. The van der Waals surface area contributed by atoms with Gasteiger partial charge in [0.1, 0.15) is 0 Å². The maximum atomic E-state index is 6.37. The van der Waals surface area contributed by atoms with E-state index in [1.807, 2.05) is 43.0 Å². The molecule has 0 aliphatic carbocycles. The number of nitrogens with zero attached hydrogens (tertiary/aromatic N) is 3. The minimum absolute atomic E-state index is 0.295. The second-order valence-corrected chi connectivity index (χ2v) is 5.25. The van der Waals surface area contributed by atoms with E-state index in [9.17, 15) is 0 Å². The van der Waals surface area contributed by atoms with Gasteiger partial charge in [0, 0.05) is 37.3 Å². The van der Waals surface area contributed by atoms with E-state index in [1.54, 1.807) is 0 Å². The van der Waals surface area contributed by atoms with Crippen LogP contribution in [-0.4, -0.2) is 27.9 Å². The van der Waals surface area contributed by atoms with Crippen LogP contribution in [0.2, 0.25) is 5.02 Å². The second-order valence-electron chi connectivity index (χ2n) is 4.88. The van der Waals surface area contributed by atoms with Crippen LogP contribution in [-0.2, 0) is 19.4 Å². The van der Waals surface area contributed by atoms with Crippen LogP contribution >= 0.6 is 11.6 Å². The van der Waals surface area contributed by atoms with E-state index in [1.165, 1.54) is 0 Å². The number of aromatic nitrogens is 3. The monoisotopic (exact) mass is 292 g/mol. The highest BCUT2D eigenvalue weighted by Gasteiger charge is 2.17. The van der Waals surface area contributed by atoms with E-state index < -0.39 is 0 Å². The Hall–Kier alpha value is -1.39. The highest BCUT2D eigenvalue weighted by molar-refractivity contribution is 6.31. The van der Waals surface area contributed by atoms with Gasteiger partial charge in [-0.1, -0.05) is 17.7 Å². The number of pyridine rings is 1. The summed E-state index contributed by atoms with van der Waals surface area (Å²) in [4.78, 5) is 4.38. The summed E-state index contributed by atoms with van der Waals surface area (Å²) < 4.78 is 1.99. The van der Waals surface area contributed by atoms with Gasteiger partial charge < -0.3 is 5.32 Å². The Labute approximate surface area is 125 Å². The first kappa shape index (κ1) is 15.0. The minimum atomic E-state index is 0.295. The Bertz CT molecular complexity index is 551. The fourth-order valence-corrected chi connectivity index (χ4v) is 2.56. The molecule has 0 amide bonds. The molecule has 0 saturated carbocycles. The molecule has 1 atom stereocenters. The van der Waals surface area contributed by atoms with Crippen molar-refractivity contribution in [2.45, 2.75) is 39.3 Å². The Kier molecular flexibility index (Phi) is 5.15. The quantitative estimate of drug-likeness (QED) is 0.890. The molecule has 1 N–H and O–H groups in total. The maximum absolute atomic E-state index is 6.37. The summed E-state index contributed by atoms with van der Waals surface area (Å²) in [5.41, 5.74) is 3.08. The number of likely N-dealkylation sites (N-methyl/N-ethyl adjacent to an activating group) is 1. The fraction of sp³-hybridized carbons (Fsp3) is 0.467. The van der Waals surface area contributed by atoms with Gasteiger partial charge >= 0.3 is 0 Å². The van der Waals surface area contributed by atoms with Crippen LogP contribution in [0.1, 0.15) is 24.0 Å². The van der Waals surface area contributed by atoms with Gasteiger partial charge in [0.2, 0.25) is 0 Å². The molecule has 20 heavy (non-hydrogen) atoms. The van der Waals surface area contributed by atoms with Crippen molar-refractivity contribution >= 4 is 11.6 Å². The predicted octanol–water partition coefficient (Wildman–Crippen LogP) is 2.63. The zero-order valence-corrected chi connectivity index (χ0v) is 13.0. The molecule has 0 radical (unpaired) electrons. The Morgan fingerprint density at radius 1 is 1.35 bits per heavy atom. The number of halogens is 1. The summed E-state index contributed by atoms with van der Waals surface area (Å²) in [7, 11) is 1.97. The third-order valence-electron chi connectivity index (χ3n) is 3.48. The van der Waals surface area contributed by atoms with Crippen LogP contribution in [0.4, 0.5) is 0 Å². The normalized spacial score (nSPS) is 12.6. The van der Waals surface area contributed by atoms with Crippen molar-refractivity contribution in [3.05, 3.63) is 46.5 Å². The van der Waals surface area contributed by atoms with Crippen molar-refractivity contribution in [1.82, 2.24) is 20.1 Å². The van der Waals surface area contributed by atoms with Gasteiger partial charge in [-0.15, -0.1) is 0 Å². The molecule has 0 saturated heterocycles. The molecule has 1 unspecified atom stereocenters. The van der Waals surface area contributed by atoms with Gasteiger partial charge in [0.15, 0.2) is 0 Å². The van der Waals surface area contributed by atoms with Crippen molar-refractivity contribution in [1.29, 1.82) is 0 Å².